The first-order valence-corrected chi connectivity index (χ1v) is 6.59. The van der Waals surface area contributed by atoms with Crippen LogP contribution in [0.4, 0.5) is 5.69 Å². The van der Waals surface area contributed by atoms with Crippen LogP contribution in [0, 0.1) is 5.92 Å². The van der Waals surface area contributed by atoms with Crippen molar-refractivity contribution >= 4 is 46.1 Å². The zero-order valence-electron chi connectivity index (χ0n) is 9.20. The zero-order valence-corrected chi connectivity index (χ0v) is 11.5. The fraction of sp³-hybridized carbons (Fsp3) is 0.455. The maximum absolute atomic E-state index is 6.12. The molecular formula is C11H13Cl2N3S. The summed E-state index contributed by atoms with van der Waals surface area (Å²) < 4.78 is 0. The molecule has 3 nitrogen and oxygen atoms in total. The first-order chi connectivity index (χ1) is 8.09. The molecule has 0 aliphatic carbocycles. The quantitative estimate of drug-likeness (QED) is 0.850. The van der Waals surface area contributed by atoms with Gasteiger partial charge in [0.2, 0.25) is 0 Å². The van der Waals surface area contributed by atoms with Crippen LogP contribution in [-0.2, 0) is 0 Å². The van der Waals surface area contributed by atoms with Crippen LogP contribution in [-0.4, -0.2) is 23.1 Å². The van der Waals surface area contributed by atoms with Crippen molar-refractivity contribution in [3.05, 3.63) is 22.4 Å². The Balaban J connectivity index is 2.13. The normalized spacial score (nSPS) is 17.2. The lowest BCUT2D eigenvalue weighted by molar-refractivity contribution is 0.504. The number of thiocarbonyl (C=S) groups is 1. The third kappa shape index (κ3) is 2.81. The van der Waals surface area contributed by atoms with Gasteiger partial charge in [-0.2, -0.15) is 0 Å². The fourth-order valence-electron chi connectivity index (χ4n) is 2.09. The molecule has 1 aliphatic rings. The van der Waals surface area contributed by atoms with Gasteiger partial charge in [0, 0.05) is 31.4 Å². The van der Waals surface area contributed by atoms with Gasteiger partial charge >= 0.3 is 0 Å². The van der Waals surface area contributed by atoms with Crippen molar-refractivity contribution in [2.45, 2.75) is 12.8 Å². The predicted molar refractivity (Wildman–Crippen MR) is 76.0 cm³/mol. The Morgan fingerprint density at radius 1 is 1.29 bits per heavy atom. The summed E-state index contributed by atoms with van der Waals surface area (Å²) >= 11 is 17.3. The van der Waals surface area contributed by atoms with Gasteiger partial charge in [-0.3, -0.25) is 4.98 Å². The minimum atomic E-state index is 0.334. The van der Waals surface area contributed by atoms with E-state index in [4.69, 9.17) is 41.2 Å². The van der Waals surface area contributed by atoms with Gasteiger partial charge in [0.05, 0.1) is 20.7 Å². The van der Waals surface area contributed by atoms with Crippen molar-refractivity contribution in [1.82, 2.24) is 4.98 Å². The molecule has 1 saturated heterocycles. The number of anilines is 1. The standard InChI is InChI=1S/C11H13Cl2N3S/c12-8-5-15-6-9(13)10(8)16-3-1-7(2-4-16)11(14)17/h5-7H,1-4H2,(H2,14,17). The molecule has 0 spiro atoms. The molecule has 2 heterocycles. The van der Waals surface area contributed by atoms with Crippen LogP contribution in [0.2, 0.25) is 10.0 Å². The van der Waals surface area contributed by atoms with Crippen LogP contribution in [0.25, 0.3) is 0 Å². The van der Waals surface area contributed by atoms with Crippen molar-refractivity contribution in [3.63, 3.8) is 0 Å². The van der Waals surface area contributed by atoms with E-state index in [1.807, 2.05) is 0 Å². The largest absolute Gasteiger partial charge is 0.393 e. The molecule has 1 aromatic rings. The van der Waals surface area contributed by atoms with E-state index >= 15 is 0 Å². The maximum atomic E-state index is 6.12. The molecule has 17 heavy (non-hydrogen) atoms. The molecule has 2 rings (SSSR count). The Morgan fingerprint density at radius 3 is 2.29 bits per heavy atom. The molecular weight excluding hydrogens is 277 g/mol. The summed E-state index contributed by atoms with van der Waals surface area (Å²) in [6.45, 7) is 1.73. The highest BCUT2D eigenvalue weighted by molar-refractivity contribution is 7.80. The lowest BCUT2D eigenvalue weighted by Gasteiger charge is -2.34. The van der Waals surface area contributed by atoms with Crippen molar-refractivity contribution in [2.24, 2.45) is 11.7 Å². The second kappa shape index (κ2) is 5.38. The van der Waals surface area contributed by atoms with Gasteiger partial charge in [-0.05, 0) is 12.8 Å². The van der Waals surface area contributed by atoms with Crippen molar-refractivity contribution in [2.75, 3.05) is 18.0 Å². The van der Waals surface area contributed by atoms with Crippen LogP contribution < -0.4 is 10.6 Å². The monoisotopic (exact) mass is 289 g/mol. The number of aromatic nitrogens is 1. The maximum Gasteiger partial charge on any atom is 0.0838 e. The van der Waals surface area contributed by atoms with Gasteiger partial charge in [-0.15, -0.1) is 0 Å². The van der Waals surface area contributed by atoms with Crippen molar-refractivity contribution in [3.8, 4) is 0 Å². The van der Waals surface area contributed by atoms with E-state index in [0.717, 1.165) is 31.6 Å². The van der Waals surface area contributed by atoms with Crippen molar-refractivity contribution < 1.29 is 0 Å². The molecule has 0 bridgehead atoms. The van der Waals surface area contributed by atoms with Gasteiger partial charge in [0.25, 0.3) is 0 Å². The molecule has 1 aromatic heterocycles. The average molecular weight is 290 g/mol. The van der Waals surface area contributed by atoms with Crippen LogP contribution in [0.1, 0.15) is 12.8 Å². The lowest BCUT2D eigenvalue weighted by atomic mass is 9.96. The summed E-state index contributed by atoms with van der Waals surface area (Å²) in [7, 11) is 0. The number of nitrogens with zero attached hydrogens (tertiary/aromatic N) is 2. The molecule has 1 fully saturated rings. The highest BCUT2D eigenvalue weighted by Gasteiger charge is 2.23. The summed E-state index contributed by atoms with van der Waals surface area (Å²) in [6, 6.07) is 0. The van der Waals surface area contributed by atoms with Crippen LogP contribution in [0.3, 0.4) is 0 Å². The Hall–Kier alpha value is -0.580. The fourth-order valence-corrected chi connectivity index (χ4v) is 2.93. The summed E-state index contributed by atoms with van der Waals surface area (Å²) in [5.41, 5.74) is 6.53. The molecule has 0 atom stereocenters. The van der Waals surface area contributed by atoms with E-state index in [2.05, 4.69) is 9.88 Å². The van der Waals surface area contributed by atoms with Gasteiger partial charge < -0.3 is 10.6 Å². The van der Waals surface area contributed by atoms with E-state index in [1.165, 1.54) is 0 Å². The highest BCUT2D eigenvalue weighted by atomic mass is 35.5. The molecule has 0 saturated carbocycles. The second-order valence-electron chi connectivity index (χ2n) is 4.12. The van der Waals surface area contributed by atoms with E-state index in [9.17, 15) is 0 Å². The number of hydrogen-bond donors (Lipinski definition) is 1. The van der Waals surface area contributed by atoms with Gasteiger partial charge in [0.1, 0.15) is 0 Å². The molecule has 0 amide bonds. The van der Waals surface area contributed by atoms with Gasteiger partial charge in [-0.1, -0.05) is 35.4 Å². The van der Waals surface area contributed by atoms with Gasteiger partial charge in [0.15, 0.2) is 0 Å². The van der Waals surface area contributed by atoms with E-state index in [1.54, 1.807) is 12.4 Å². The number of piperidine rings is 1. The Morgan fingerprint density at radius 2 is 1.82 bits per heavy atom. The first-order valence-electron chi connectivity index (χ1n) is 5.43. The number of rotatable bonds is 2. The van der Waals surface area contributed by atoms with E-state index in [0.29, 0.717) is 21.0 Å². The summed E-state index contributed by atoms with van der Waals surface area (Å²) in [5, 5.41) is 1.18. The van der Waals surface area contributed by atoms with E-state index < -0.39 is 0 Å². The van der Waals surface area contributed by atoms with Gasteiger partial charge in [-0.25, -0.2) is 0 Å². The number of hydrogen-bond acceptors (Lipinski definition) is 3. The molecule has 1 aliphatic heterocycles. The van der Waals surface area contributed by atoms with Crippen LogP contribution >= 0.6 is 35.4 Å². The average Bonchev–Trinajstić information content (AvgIpc) is 2.29. The molecule has 0 radical (unpaired) electrons. The number of pyridine rings is 1. The minimum Gasteiger partial charge on any atom is -0.393 e. The number of halogens is 2. The van der Waals surface area contributed by atoms with Crippen LogP contribution in [0.15, 0.2) is 12.4 Å². The molecule has 0 aromatic carbocycles. The predicted octanol–water partition coefficient (Wildman–Crippen LogP) is 2.89. The molecule has 2 N–H and O–H groups in total. The minimum absolute atomic E-state index is 0.334. The Labute approximate surface area is 116 Å². The zero-order chi connectivity index (χ0) is 12.4. The SMILES string of the molecule is NC(=S)C1CCN(c2c(Cl)cncc2Cl)CC1. The van der Waals surface area contributed by atoms with E-state index in [-0.39, 0.29) is 0 Å². The topological polar surface area (TPSA) is 42.1 Å². The Kier molecular flexibility index (Phi) is 4.07. The Bertz CT molecular complexity index is 410. The first kappa shape index (κ1) is 12.9. The smallest absolute Gasteiger partial charge is 0.0838 e. The summed E-state index contributed by atoms with van der Waals surface area (Å²) in [6.07, 6.45) is 5.12. The molecule has 6 heteroatoms. The second-order valence-corrected chi connectivity index (χ2v) is 5.40. The van der Waals surface area contributed by atoms with Crippen molar-refractivity contribution in [1.29, 1.82) is 0 Å². The third-order valence-electron chi connectivity index (χ3n) is 3.04. The molecule has 0 unspecified atom stereocenters. The molecule has 92 valence electrons. The highest BCUT2D eigenvalue weighted by Crippen LogP contribution is 2.34. The van der Waals surface area contributed by atoms with Crippen LogP contribution in [0.5, 0.6) is 0 Å². The summed E-state index contributed by atoms with van der Waals surface area (Å²) in [4.78, 5) is 6.73. The summed E-state index contributed by atoms with van der Waals surface area (Å²) in [5.74, 6) is 0.334. The lowest BCUT2D eigenvalue weighted by Crippen LogP contribution is -2.38. The third-order valence-corrected chi connectivity index (χ3v) is 3.93. The number of nitrogens with two attached hydrogens (primary N) is 1.